The Morgan fingerprint density at radius 3 is 2.49 bits per heavy atom. The van der Waals surface area contributed by atoms with Crippen LogP contribution in [0.1, 0.15) is 35.3 Å². The van der Waals surface area contributed by atoms with Gasteiger partial charge in [-0.15, -0.1) is 0 Å². The van der Waals surface area contributed by atoms with Gasteiger partial charge in [-0.2, -0.15) is 10.1 Å². The highest BCUT2D eigenvalue weighted by Crippen LogP contribution is 2.38. The Hall–Kier alpha value is -3.78. The van der Waals surface area contributed by atoms with E-state index in [-0.39, 0.29) is 12.4 Å². The molecule has 0 aliphatic carbocycles. The lowest BCUT2D eigenvalue weighted by atomic mass is 10.1. The fraction of sp³-hybridized carbons (Fsp3) is 0.148. The van der Waals surface area contributed by atoms with E-state index < -0.39 is 11.8 Å². The Kier molecular flexibility index (Phi) is 7.41. The molecule has 35 heavy (non-hydrogen) atoms. The lowest BCUT2D eigenvalue weighted by molar-refractivity contribution is -0.123. The molecule has 0 N–H and O–H groups in total. The molecule has 8 heteroatoms. The molecular weight excluding hydrogens is 515 g/mol. The Bertz CT molecular complexity index is 1320. The second-order valence-electron chi connectivity index (χ2n) is 7.71. The summed E-state index contributed by atoms with van der Waals surface area (Å²) in [6, 6.07) is 18.1. The molecule has 3 aromatic rings. The zero-order valence-electron chi connectivity index (χ0n) is 19.1. The van der Waals surface area contributed by atoms with Crippen LogP contribution in [0.2, 0.25) is 0 Å². The van der Waals surface area contributed by atoms with Crippen molar-refractivity contribution in [3.63, 3.8) is 0 Å². The highest BCUT2D eigenvalue weighted by atomic mass is 79.9. The zero-order chi connectivity index (χ0) is 24.9. The lowest BCUT2D eigenvalue weighted by Gasteiger charge is -2.15. The van der Waals surface area contributed by atoms with Crippen LogP contribution in [0.25, 0.3) is 6.08 Å². The number of carbonyl (C=O) groups is 2. The van der Waals surface area contributed by atoms with Gasteiger partial charge in [-0.1, -0.05) is 30.3 Å². The molecule has 0 bridgehead atoms. The standard InChI is InChI=1S/C27H22BrFN2O4/c1-3-34-24-15-19(14-23(28)25(24)35-16-18-9-11-21(29)12-10-18)13-22-17(2)30-31(27(22)33)26(32)20-7-5-4-6-8-20/h4-15H,3,16H2,1-2H3/b22-13+. The molecule has 2 amide bonds. The SMILES string of the molecule is CCOc1cc(/C=C2/C(=O)N(C(=O)c3ccccc3)N=C2C)cc(Br)c1OCc1ccc(F)cc1. The van der Waals surface area contributed by atoms with E-state index in [0.717, 1.165) is 10.6 Å². The van der Waals surface area contributed by atoms with E-state index in [1.54, 1.807) is 67.6 Å². The number of hydrazone groups is 1. The first-order chi connectivity index (χ1) is 16.9. The van der Waals surface area contributed by atoms with E-state index >= 15 is 0 Å². The van der Waals surface area contributed by atoms with Gasteiger partial charge in [-0.3, -0.25) is 9.59 Å². The normalized spacial score (nSPS) is 14.3. The number of rotatable bonds is 7. The van der Waals surface area contributed by atoms with Gasteiger partial charge < -0.3 is 9.47 Å². The first-order valence-corrected chi connectivity index (χ1v) is 11.7. The Morgan fingerprint density at radius 2 is 1.80 bits per heavy atom. The topological polar surface area (TPSA) is 68.2 Å². The Balaban J connectivity index is 1.59. The summed E-state index contributed by atoms with van der Waals surface area (Å²) < 4.78 is 25.5. The first kappa shape index (κ1) is 24.3. The van der Waals surface area contributed by atoms with Gasteiger partial charge in [0.2, 0.25) is 0 Å². The van der Waals surface area contributed by atoms with E-state index in [1.807, 2.05) is 6.92 Å². The summed E-state index contributed by atoms with van der Waals surface area (Å²) >= 11 is 3.52. The maximum absolute atomic E-state index is 13.2. The molecule has 0 fully saturated rings. The number of imide groups is 1. The molecule has 0 radical (unpaired) electrons. The van der Waals surface area contributed by atoms with Crippen LogP contribution < -0.4 is 9.47 Å². The molecular formula is C27H22BrFN2O4. The quantitative estimate of drug-likeness (QED) is 0.274. The fourth-order valence-corrected chi connectivity index (χ4v) is 4.08. The fourth-order valence-electron chi connectivity index (χ4n) is 3.50. The molecule has 1 aliphatic rings. The van der Waals surface area contributed by atoms with Crippen molar-refractivity contribution in [3.8, 4) is 11.5 Å². The van der Waals surface area contributed by atoms with E-state index in [0.29, 0.717) is 45.0 Å². The van der Waals surface area contributed by atoms with Gasteiger partial charge in [-0.05, 0) is 83.4 Å². The molecule has 0 saturated heterocycles. The van der Waals surface area contributed by atoms with Crippen LogP contribution >= 0.6 is 15.9 Å². The molecule has 0 aromatic heterocycles. The summed E-state index contributed by atoms with van der Waals surface area (Å²) in [5.74, 6) is -0.330. The molecule has 6 nitrogen and oxygen atoms in total. The largest absolute Gasteiger partial charge is 0.490 e. The van der Waals surface area contributed by atoms with Crippen LogP contribution in [-0.2, 0) is 11.4 Å². The average Bonchev–Trinajstić information content (AvgIpc) is 3.13. The molecule has 1 aliphatic heterocycles. The third-order valence-corrected chi connectivity index (χ3v) is 5.80. The van der Waals surface area contributed by atoms with Crippen molar-refractivity contribution < 1.29 is 23.5 Å². The number of hydrogen-bond donors (Lipinski definition) is 0. The monoisotopic (exact) mass is 536 g/mol. The minimum absolute atomic E-state index is 0.222. The average molecular weight is 537 g/mol. The second-order valence-corrected chi connectivity index (χ2v) is 8.56. The summed E-state index contributed by atoms with van der Waals surface area (Å²) in [5.41, 5.74) is 2.59. The zero-order valence-corrected chi connectivity index (χ0v) is 20.7. The van der Waals surface area contributed by atoms with Crippen molar-refractivity contribution in [2.75, 3.05) is 6.61 Å². The van der Waals surface area contributed by atoms with Gasteiger partial charge in [-0.25, -0.2) is 4.39 Å². The minimum Gasteiger partial charge on any atom is -0.490 e. The number of ether oxygens (including phenoxy) is 2. The first-order valence-electron chi connectivity index (χ1n) is 10.9. The number of benzene rings is 3. The van der Waals surface area contributed by atoms with Crippen molar-refractivity contribution >= 4 is 39.5 Å². The van der Waals surface area contributed by atoms with Crippen molar-refractivity contribution in [1.29, 1.82) is 0 Å². The molecule has 0 unspecified atom stereocenters. The van der Waals surface area contributed by atoms with E-state index in [2.05, 4.69) is 21.0 Å². The Labute approximate surface area is 210 Å². The summed E-state index contributed by atoms with van der Waals surface area (Å²) in [4.78, 5) is 25.8. The van der Waals surface area contributed by atoms with E-state index in [4.69, 9.17) is 9.47 Å². The van der Waals surface area contributed by atoms with Crippen LogP contribution in [0.4, 0.5) is 4.39 Å². The number of nitrogens with zero attached hydrogens (tertiary/aromatic N) is 2. The maximum atomic E-state index is 13.2. The Morgan fingerprint density at radius 1 is 1.09 bits per heavy atom. The van der Waals surface area contributed by atoms with Crippen LogP contribution in [0.15, 0.2) is 81.9 Å². The number of amides is 2. The van der Waals surface area contributed by atoms with Gasteiger partial charge in [0.05, 0.1) is 22.4 Å². The summed E-state index contributed by atoms with van der Waals surface area (Å²) in [7, 11) is 0. The lowest BCUT2D eigenvalue weighted by Crippen LogP contribution is -2.29. The molecule has 1 heterocycles. The van der Waals surface area contributed by atoms with Crippen LogP contribution in [0.3, 0.4) is 0 Å². The maximum Gasteiger partial charge on any atom is 0.283 e. The third-order valence-electron chi connectivity index (χ3n) is 5.21. The summed E-state index contributed by atoms with van der Waals surface area (Å²) in [6.45, 7) is 4.16. The predicted molar refractivity (Wildman–Crippen MR) is 135 cm³/mol. The van der Waals surface area contributed by atoms with Gasteiger partial charge in [0.25, 0.3) is 11.8 Å². The minimum atomic E-state index is -0.498. The summed E-state index contributed by atoms with van der Waals surface area (Å²) in [6.07, 6.45) is 1.66. The van der Waals surface area contributed by atoms with Crippen molar-refractivity contribution in [3.05, 3.63) is 99.3 Å². The van der Waals surface area contributed by atoms with Gasteiger partial charge in [0.15, 0.2) is 11.5 Å². The van der Waals surface area contributed by atoms with Crippen molar-refractivity contribution in [2.24, 2.45) is 5.10 Å². The second kappa shape index (κ2) is 10.7. The van der Waals surface area contributed by atoms with Crippen LogP contribution in [0.5, 0.6) is 11.5 Å². The van der Waals surface area contributed by atoms with Gasteiger partial charge in [0, 0.05) is 5.56 Å². The molecule has 0 saturated carbocycles. The van der Waals surface area contributed by atoms with Gasteiger partial charge >= 0.3 is 0 Å². The van der Waals surface area contributed by atoms with Crippen molar-refractivity contribution in [1.82, 2.24) is 5.01 Å². The number of hydrogen-bond acceptors (Lipinski definition) is 5. The van der Waals surface area contributed by atoms with Crippen LogP contribution in [0, 0.1) is 5.82 Å². The van der Waals surface area contributed by atoms with E-state index in [1.165, 1.54) is 12.1 Å². The van der Waals surface area contributed by atoms with Crippen molar-refractivity contribution in [2.45, 2.75) is 20.5 Å². The molecule has 3 aromatic carbocycles. The molecule has 178 valence electrons. The van der Waals surface area contributed by atoms with E-state index in [9.17, 15) is 14.0 Å². The highest BCUT2D eigenvalue weighted by Gasteiger charge is 2.33. The number of carbonyl (C=O) groups excluding carboxylic acids is 2. The van der Waals surface area contributed by atoms with Crippen LogP contribution in [-0.4, -0.2) is 29.1 Å². The predicted octanol–water partition coefficient (Wildman–Crippen LogP) is 6.01. The third kappa shape index (κ3) is 5.49. The molecule has 4 rings (SSSR count). The highest BCUT2D eigenvalue weighted by molar-refractivity contribution is 9.10. The molecule has 0 atom stereocenters. The van der Waals surface area contributed by atoms with Gasteiger partial charge in [0.1, 0.15) is 12.4 Å². The number of halogens is 2. The molecule has 0 spiro atoms. The smallest absolute Gasteiger partial charge is 0.283 e. The summed E-state index contributed by atoms with van der Waals surface area (Å²) in [5, 5.41) is 5.06.